The minimum absolute atomic E-state index is 0.142. The number of carbonyl (C=O) groups is 2. The van der Waals surface area contributed by atoms with Crippen molar-refractivity contribution in [1.82, 2.24) is 30.0 Å². The molecule has 9 heteroatoms. The summed E-state index contributed by atoms with van der Waals surface area (Å²) in [4.78, 5) is 29.6. The van der Waals surface area contributed by atoms with E-state index in [-0.39, 0.29) is 23.7 Å². The van der Waals surface area contributed by atoms with E-state index in [1.165, 1.54) is 36.8 Å². The van der Waals surface area contributed by atoms with Gasteiger partial charge in [0.25, 0.3) is 5.91 Å². The van der Waals surface area contributed by atoms with E-state index in [0.717, 1.165) is 43.4 Å². The molecule has 0 spiro atoms. The lowest BCUT2D eigenvalue weighted by Gasteiger charge is -2.58. The van der Waals surface area contributed by atoms with Gasteiger partial charge in [0, 0.05) is 39.6 Å². The van der Waals surface area contributed by atoms with Crippen LogP contribution in [0.5, 0.6) is 0 Å². The van der Waals surface area contributed by atoms with E-state index in [0.29, 0.717) is 55.3 Å². The van der Waals surface area contributed by atoms with Crippen LogP contribution in [0, 0.1) is 40.4 Å². The molecule has 1 aromatic rings. The number of tetrazole rings is 1. The molecule has 0 bridgehead atoms. The molecule has 0 radical (unpaired) electrons. The zero-order valence-corrected chi connectivity index (χ0v) is 24.9. The molecule has 1 saturated heterocycles. The second kappa shape index (κ2) is 10.5. The Morgan fingerprint density at radius 3 is 2.52 bits per heavy atom. The Morgan fingerprint density at radius 2 is 1.80 bits per heavy atom. The number of aryl methyl sites for hydroxylation is 1. The van der Waals surface area contributed by atoms with E-state index in [1.54, 1.807) is 17.5 Å². The third-order valence-electron chi connectivity index (χ3n) is 12.4. The van der Waals surface area contributed by atoms with Gasteiger partial charge in [-0.3, -0.25) is 9.59 Å². The van der Waals surface area contributed by atoms with E-state index in [4.69, 9.17) is 0 Å². The third kappa shape index (κ3) is 4.60. The zero-order chi connectivity index (χ0) is 28.2. The van der Waals surface area contributed by atoms with Gasteiger partial charge in [-0.2, -0.15) is 0 Å². The van der Waals surface area contributed by atoms with Crippen LogP contribution in [0.15, 0.2) is 11.6 Å². The van der Waals surface area contributed by atoms with Gasteiger partial charge >= 0.3 is 0 Å². The number of carbonyl (C=O) groups excluding carboxylic acids is 2. The lowest BCUT2D eigenvalue weighted by Crippen LogP contribution is -2.51. The van der Waals surface area contributed by atoms with Crippen LogP contribution in [0.3, 0.4) is 0 Å². The molecule has 1 N–H and O–H groups in total. The van der Waals surface area contributed by atoms with Crippen LogP contribution in [-0.4, -0.2) is 79.2 Å². The highest BCUT2D eigenvalue weighted by molar-refractivity contribution is 5.90. The molecule has 0 aromatic carbocycles. The molecule has 1 unspecified atom stereocenters. The maximum atomic E-state index is 13.2. The molecule has 1 aliphatic heterocycles. The number of nitrogens with zero attached hydrogens (tertiary/aromatic N) is 6. The molecule has 5 aliphatic rings. The van der Waals surface area contributed by atoms with Crippen LogP contribution in [0.1, 0.15) is 95.6 Å². The number of aromatic nitrogens is 4. The molecular weight excluding hydrogens is 504 g/mol. The van der Waals surface area contributed by atoms with Crippen LogP contribution in [0.4, 0.5) is 0 Å². The fourth-order valence-electron chi connectivity index (χ4n) is 10.0. The van der Waals surface area contributed by atoms with E-state index in [1.807, 2.05) is 4.90 Å². The predicted octanol–water partition coefficient (Wildman–Crippen LogP) is 3.85. The summed E-state index contributed by atoms with van der Waals surface area (Å²) in [6, 6.07) is 0. The highest BCUT2D eigenvalue weighted by atomic mass is 16.3. The Morgan fingerprint density at radius 1 is 1.05 bits per heavy atom. The maximum absolute atomic E-state index is 13.2. The second-order valence-electron chi connectivity index (χ2n) is 14.2. The lowest BCUT2D eigenvalue weighted by atomic mass is 9.47. The number of allylic oxidation sites excluding steroid dienone is 1. The van der Waals surface area contributed by atoms with Crippen LogP contribution in [-0.2, 0) is 11.8 Å². The van der Waals surface area contributed by atoms with Crippen molar-refractivity contribution in [3.05, 3.63) is 17.5 Å². The van der Waals surface area contributed by atoms with E-state index >= 15 is 0 Å². The molecular formula is C31H48N6O3. The Balaban J connectivity index is 1.03. The summed E-state index contributed by atoms with van der Waals surface area (Å²) in [5.41, 5.74) is 2.22. The van der Waals surface area contributed by atoms with Gasteiger partial charge in [0.15, 0.2) is 0 Å². The van der Waals surface area contributed by atoms with Crippen molar-refractivity contribution >= 4 is 11.8 Å². The largest absolute Gasteiger partial charge is 0.393 e. The van der Waals surface area contributed by atoms with Gasteiger partial charge in [-0.15, -0.1) is 5.10 Å². The first-order valence-corrected chi connectivity index (χ1v) is 15.8. The SMILES string of the molecule is CC(CCC(=O)N1CCN(C(=O)c2nnnn2C)CC1)[C@H]1CC[C@H]2[C@@H]3CC=C4C[C@@H](O)CC[C@]4(C)[C@H]3CC[C@]12C. The van der Waals surface area contributed by atoms with E-state index in [2.05, 4.69) is 42.4 Å². The van der Waals surface area contributed by atoms with Crippen molar-refractivity contribution in [3.8, 4) is 0 Å². The van der Waals surface area contributed by atoms with Crippen LogP contribution >= 0.6 is 0 Å². The number of fused-ring (bicyclic) bond motifs is 5. The fourth-order valence-corrected chi connectivity index (χ4v) is 10.0. The van der Waals surface area contributed by atoms with Crippen molar-refractivity contribution in [1.29, 1.82) is 0 Å². The minimum Gasteiger partial charge on any atom is -0.393 e. The Hall–Kier alpha value is -2.29. The number of hydrogen-bond donors (Lipinski definition) is 1. The number of aliphatic hydroxyl groups excluding tert-OH is 1. The number of aliphatic hydroxyl groups is 1. The van der Waals surface area contributed by atoms with Crippen LogP contribution in [0.25, 0.3) is 0 Å². The molecule has 4 aliphatic carbocycles. The number of hydrogen-bond acceptors (Lipinski definition) is 6. The Bertz CT molecular complexity index is 1160. The average molecular weight is 553 g/mol. The van der Waals surface area contributed by atoms with Crippen molar-refractivity contribution < 1.29 is 14.7 Å². The van der Waals surface area contributed by atoms with Crippen molar-refractivity contribution in [2.75, 3.05) is 26.2 Å². The highest BCUT2D eigenvalue weighted by Crippen LogP contribution is 2.67. The number of amides is 2. The molecule has 4 fully saturated rings. The summed E-state index contributed by atoms with van der Waals surface area (Å²) in [6.07, 6.45) is 13.4. The highest BCUT2D eigenvalue weighted by Gasteiger charge is 2.59. The van der Waals surface area contributed by atoms with Gasteiger partial charge in [0.1, 0.15) is 0 Å². The summed E-state index contributed by atoms with van der Waals surface area (Å²) < 4.78 is 1.39. The predicted molar refractivity (Wildman–Crippen MR) is 151 cm³/mol. The zero-order valence-electron chi connectivity index (χ0n) is 24.9. The van der Waals surface area contributed by atoms with E-state index < -0.39 is 0 Å². The lowest BCUT2D eigenvalue weighted by molar-refractivity contribution is -0.133. The molecule has 9 nitrogen and oxygen atoms in total. The molecule has 6 rings (SSSR count). The van der Waals surface area contributed by atoms with Gasteiger partial charge in [0.2, 0.25) is 11.7 Å². The molecule has 1 aromatic heterocycles. The van der Waals surface area contributed by atoms with Gasteiger partial charge in [-0.05, 0) is 109 Å². The molecule has 2 amide bonds. The standard InChI is InChI=1S/C31H48N6O3/c1-20(5-10-27(39)36-15-17-37(18-16-36)29(40)28-32-33-34-35(28)4)24-8-9-25-23-7-6-21-19-22(38)11-13-30(21,2)26(23)12-14-31(24,25)3/h6,20,22-26,38H,5,7-19H2,1-4H3/t20?,22-,23-,24+,25-,26-,30-,31+/m0/s1. The molecule has 2 heterocycles. The summed E-state index contributed by atoms with van der Waals surface area (Å²) >= 11 is 0. The summed E-state index contributed by atoms with van der Waals surface area (Å²) in [5, 5.41) is 21.5. The summed E-state index contributed by atoms with van der Waals surface area (Å²) in [6.45, 7) is 9.67. The topological polar surface area (TPSA) is 104 Å². The van der Waals surface area contributed by atoms with Crippen molar-refractivity contribution in [2.45, 2.75) is 91.1 Å². The molecule has 40 heavy (non-hydrogen) atoms. The fraction of sp³-hybridized carbons (Fsp3) is 0.839. The number of piperazine rings is 1. The second-order valence-corrected chi connectivity index (χ2v) is 14.2. The van der Waals surface area contributed by atoms with Gasteiger partial charge in [-0.1, -0.05) is 32.4 Å². The monoisotopic (exact) mass is 552 g/mol. The van der Waals surface area contributed by atoms with Crippen LogP contribution < -0.4 is 0 Å². The molecule has 3 saturated carbocycles. The van der Waals surface area contributed by atoms with Gasteiger partial charge < -0.3 is 14.9 Å². The smallest absolute Gasteiger partial charge is 0.293 e. The average Bonchev–Trinajstić information content (AvgIpc) is 3.54. The quantitative estimate of drug-likeness (QED) is 0.557. The van der Waals surface area contributed by atoms with Gasteiger partial charge in [0.05, 0.1) is 6.10 Å². The van der Waals surface area contributed by atoms with Gasteiger partial charge in [-0.25, -0.2) is 4.68 Å². The minimum atomic E-state index is -0.174. The first-order valence-electron chi connectivity index (χ1n) is 15.8. The first-order chi connectivity index (χ1) is 19.1. The van der Waals surface area contributed by atoms with Crippen LogP contribution in [0.2, 0.25) is 0 Å². The van der Waals surface area contributed by atoms with Crippen molar-refractivity contribution in [2.24, 2.45) is 47.5 Å². The normalized spacial score (nSPS) is 38.2. The van der Waals surface area contributed by atoms with E-state index in [9.17, 15) is 14.7 Å². The molecule has 8 atom stereocenters. The molecule has 220 valence electrons. The first kappa shape index (κ1) is 27.9. The Kier molecular flexibility index (Phi) is 7.33. The number of rotatable bonds is 5. The maximum Gasteiger partial charge on any atom is 0.293 e. The Labute approximate surface area is 238 Å². The third-order valence-corrected chi connectivity index (χ3v) is 12.4. The van der Waals surface area contributed by atoms with Crippen molar-refractivity contribution in [3.63, 3.8) is 0 Å². The summed E-state index contributed by atoms with van der Waals surface area (Å²) in [5.74, 6) is 3.84. The summed E-state index contributed by atoms with van der Waals surface area (Å²) in [7, 11) is 1.66.